The second kappa shape index (κ2) is 5.61. The molecule has 4 heteroatoms. The third-order valence-electron chi connectivity index (χ3n) is 3.01. The minimum Gasteiger partial charge on any atom is -0.488 e. The predicted octanol–water partition coefficient (Wildman–Crippen LogP) is 4.37. The van der Waals surface area contributed by atoms with E-state index in [0.717, 1.165) is 22.4 Å². The first-order chi connectivity index (χ1) is 8.99. The average molecular weight is 324 g/mol. The van der Waals surface area contributed by atoms with Crippen molar-refractivity contribution < 1.29 is 9.13 Å². The third kappa shape index (κ3) is 3.07. The number of hydrogen-bond acceptors (Lipinski definition) is 2. The van der Waals surface area contributed by atoms with Gasteiger partial charge in [0.05, 0.1) is 4.47 Å². The summed E-state index contributed by atoms with van der Waals surface area (Å²) in [6.07, 6.45) is 0. The fraction of sp³-hybridized carbons (Fsp3) is 0.200. The van der Waals surface area contributed by atoms with Crippen LogP contribution in [-0.2, 0) is 6.61 Å². The van der Waals surface area contributed by atoms with Crippen molar-refractivity contribution in [2.24, 2.45) is 0 Å². The summed E-state index contributed by atoms with van der Waals surface area (Å²) in [5, 5.41) is 0. The topological polar surface area (TPSA) is 35.2 Å². The summed E-state index contributed by atoms with van der Waals surface area (Å²) in [6, 6.07) is 8.63. The monoisotopic (exact) mass is 323 g/mol. The smallest absolute Gasteiger partial charge is 0.137 e. The van der Waals surface area contributed by atoms with Gasteiger partial charge in [0, 0.05) is 11.3 Å². The van der Waals surface area contributed by atoms with Gasteiger partial charge in [-0.1, -0.05) is 12.1 Å². The summed E-state index contributed by atoms with van der Waals surface area (Å²) < 4.78 is 19.4. The van der Waals surface area contributed by atoms with E-state index in [2.05, 4.69) is 15.9 Å². The van der Waals surface area contributed by atoms with Gasteiger partial charge in [-0.2, -0.15) is 0 Å². The van der Waals surface area contributed by atoms with Crippen molar-refractivity contribution in [3.8, 4) is 5.75 Å². The molecule has 0 aromatic heterocycles. The van der Waals surface area contributed by atoms with E-state index in [9.17, 15) is 4.39 Å². The van der Waals surface area contributed by atoms with Gasteiger partial charge in [-0.05, 0) is 59.1 Å². The molecule has 2 nitrogen and oxygen atoms in total. The maximum absolute atomic E-state index is 13.1. The zero-order valence-corrected chi connectivity index (χ0v) is 12.4. The maximum atomic E-state index is 13.1. The fourth-order valence-corrected chi connectivity index (χ4v) is 2.28. The molecule has 0 saturated carbocycles. The van der Waals surface area contributed by atoms with E-state index in [1.165, 1.54) is 6.07 Å². The molecule has 0 aliphatic rings. The van der Waals surface area contributed by atoms with Crippen LogP contribution in [0.5, 0.6) is 5.75 Å². The first-order valence-corrected chi connectivity index (χ1v) is 6.70. The van der Waals surface area contributed by atoms with E-state index >= 15 is 0 Å². The number of nitrogens with two attached hydrogens (primary N) is 1. The number of ether oxygens (including phenoxy) is 1. The minimum absolute atomic E-state index is 0.278. The molecule has 0 unspecified atom stereocenters. The molecule has 0 spiro atoms. The summed E-state index contributed by atoms with van der Waals surface area (Å²) >= 11 is 3.16. The molecule has 2 rings (SSSR count). The van der Waals surface area contributed by atoms with Crippen LogP contribution >= 0.6 is 15.9 Å². The van der Waals surface area contributed by atoms with Gasteiger partial charge in [-0.25, -0.2) is 4.39 Å². The predicted molar refractivity (Wildman–Crippen MR) is 78.8 cm³/mol. The lowest BCUT2D eigenvalue weighted by Gasteiger charge is -2.14. The molecule has 0 heterocycles. The molecule has 0 fully saturated rings. The van der Waals surface area contributed by atoms with Gasteiger partial charge in [-0.3, -0.25) is 0 Å². The molecule has 2 aromatic carbocycles. The molecule has 2 aromatic rings. The molecule has 2 N–H and O–H groups in total. The molecule has 19 heavy (non-hydrogen) atoms. The third-order valence-corrected chi connectivity index (χ3v) is 3.62. The maximum Gasteiger partial charge on any atom is 0.137 e. The lowest BCUT2D eigenvalue weighted by molar-refractivity contribution is 0.302. The Kier molecular flexibility index (Phi) is 4.10. The molecule has 0 atom stereocenters. The van der Waals surface area contributed by atoms with Crippen molar-refractivity contribution in [1.29, 1.82) is 0 Å². The van der Waals surface area contributed by atoms with Gasteiger partial charge in [-0.15, -0.1) is 0 Å². The molecule has 0 bridgehead atoms. The second-order valence-corrected chi connectivity index (χ2v) is 5.32. The Bertz CT molecular complexity index is 613. The Labute approximate surface area is 120 Å². The second-order valence-electron chi connectivity index (χ2n) is 4.46. The fourth-order valence-electron chi connectivity index (χ4n) is 1.85. The van der Waals surface area contributed by atoms with Crippen molar-refractivity contribution in [3.05, 3.63) is 57.3 Å². The number of nitrogen functional groups attached to an aromatic ring is 1. The summed E-state index contributed by atoms with van der Waals surface area (Å²) in [5.74, 6) is 0.514. The van der Waals surface area contributed by atoms with E-state index < -0.39 is 0 Å². The van der Waals surface area contributed by atoms with Gasteiger partial charge < -0.3 is 10.5 Å². The van der Waals surface area contributed by atoms with Gasteiger partial charge in [0.1, 0.15) is 18.2 Å². The Hall–Kier alpha value is -1.55. The zero-order chi connectivity index (χ0) is 14.0. The van der Waals surface area contributed by atoms with Crippen molar-refractivity contribution in [2.75, 3.05) is 5.73 Å². The Morgan fingerprint density at radius 2 is 1.95 bits per heavy atom. The zero-order valence-electron chi connectivity index (χ0n) is 10.8. The van der Waals surface area contributed by atoms with E-state index in [4.69, 9.17) is 10.5 Å². The van der Waals surface area contributed by atoms with Gasteiger partial charge >= 0.3 is 0 Å². The van der Waals surface area contributed by atoms with E-state index in [-0.39, 0.29) is 5.82 Å². The van der Waals surface area contributed by atoms with Gasteiger partial charge in [0.15, 0.2) is 0 Å². The summed E-state index contributed by atoms with van der Waals surface area (Å²) in [7, 11) is 0. The molecular weight excluding hydrogens is 309 g/mol. The van der Waals surface area contributed by atoms with E-state index in [1.54, 1.807) is 12.1 Å². The highest BCUT2D eigenvalue weighted by atomic mass is 79.9. The highest BCUT2D eigenvalue weighted by Crippen LogP contribution is 2.28. The Balaban J connectivity index is 2.19. The normalized spacial score (nSPS) is 10.5. The number of aryl methyl sites for hydroxylation is 1. The van der Waals surface area contributed by atoms with Crippen LogP contribution in [0.25, 0.3) is 0 Å². The van der Waals surface area contributed by atoms with Crippen LogP contribution in [0.3, 0.4) is 0 Å². The molecule has 100 valence electrons. The van der Waals surface area contributed by atoms with Crippen LogP contribution in [0, 0.1) is 19.7 Å². The number of rotatable bonds is 3. The first kappa shape index (κ1) is 13.9. The number of benzene rings is 2. The highest BCUT2D eigenvalue weighted by molar-refractivity contribution is 9.10. The Morgan fingerprint density at radius 3 is 2.63 bits per heavy atom. The Morgan fingerprint density at radius 1 is 1.21 bits per heavy atom. The van der Waals surface area contributed by atoms with E-state index in [1.807, 2.05) is 26.0 Å². The molecule has 0 amide bonds. The molecule has 0 radical (unpaired) electrons. The van der Waals surface area contributed by atoms with Crippen LogP contribution in [0.1, 0.15) is 16.7 Å². The van der Waals surface area contributed by atoms with Crippen molar-refractivity contribution in [2.45, 2.75) is 20.5 Å². The van der Waals surface area contributed by atoms with E-state index in [0.29, 0.717) is 16.8 Å². The van der Waals surface area contributed by atoms with Crippen LogP contribution in [0.4, 0.5) is 10.1 Å². The van der Waals surface area contributed by atoms with Crippen LogP contribution < -0.4 is 10.5 Å². The minimum atomic E-state index is -0.278. The van der Waals surface area contributed by atoms with Crippen molar-refractivity contribution in [1.82, 2.24) is 0 Å². The number of anilines is 1. The highest BCUT2D eigenvalue weighted by Gasteiger charge is 2.08. The number of hydrogen-bond donors (Lipinski definition) is 1. The van der Waals surface area contributed by atoms with Gasteiger partial charge in [0.25, 0.3) is 0 Å². The van der Waals surface area contributed by atoms with Crippen molar-refractivity contribution in [3.63, 3.8) is 0 Å². The average Bonchev–Trinajstić information content (AvgIpc) is 2.38. The first-order valence-electron chi connectivity index (χ1n) is 5.91. The standard InChI is InChI=1S/C15H15BrFNO/c1-9-3-6-14(18)10(2)15(9)19-8-11-4-5-13(17)12(16)7-11/h3-7H,8,18H2,1-2H3. The quantitative estimate of drug-likeness (QED) is 0.851. The molecule has 0 aliphatic carbocycles. The summed E-state index contributed by atoms with van der Waals surface area (Å²) in [5.41, 5.74) is 9.44. The molecule has 0 saturated heterocycles. The van der Waals surface area contributed by atoms with Crippen molar-refractivity contribution >= 4 is 21.6 Å². The van der Waals surface area contributed by atoms with Gasteiger partial charge in [0.2, 0.25) is 0 Å². The van der Waals surface area contributed by atoms with Crippen LogP contribution in [0.2, 0.25) is 0 Å². The number of halogens is 2. The lowest BCUT2D eigenvalue weighted by atomic mass is 10.1. The molecule has 0 aliphatic heterocycles. The summed E-state index contributed by atoms with van der Waals surface area (Å²) in [6.45, 7) is 4.28. The van der Waals surface area contributed by atoms with Crippen LogP contribution in [-0.4, -0.2) is 0 Å². The SMILES string of the molecule is Cc1ccc(N)c(C)c1OCc1ccc(F)c(Br)c1. The summed E-state index contributed by atoms with van der Waals surface area (Å²) in [4.78, 5) is 0. The van der Waals surface area contributed by atoms with Crippen LogP contribution in [0.15, 0.2) is 34.8 Å². The largest absolute Gasteiger partial charge is 0.488 e. The molecular formula is C15H15BrFNO. The lowest BCUT2D eigenvalue weighted by Crippen LogP contribution is -2.01.